The normalized spacial score (nSPS) is 9.18. The van der Waals surface area contributed by atoms with Crippen molar-refractivity contribution >= 4 is 0 Å². The van der Waals surface area contributed by atoms with Gasteiger partial charge in [0.15, 0.2) is 0 Å². The average Bonchev–Trinajstić information content (AvgIpc) is 2.70. The molecule has 0 bridgehead atoms. The Hall–Kier alpha value is -3.10. The molecule has 0 fully saturated rings. The fraction of sp³-hybridized carbons (Fsp3) is 0.308. The van der Waals surface area contributed by atoms with E-state index in [4.69, 9.17) is 9.47 Å². The van der Waals surface area contributed by atoms with Crippen molar-refractivity contribution in [1.82, 2.24) is 0 Å². The van der Waals surface area contributed by atoms with Gasteiger partial charge in [0, 0.05) is 18.9 Å². The van der Waals surface area contributed by atoms with Crippen molar-refractivity contribution in [3.8, 4) is 35.2 Å². The Bertz CT molecular complexity index is 807. The largest absolute Gasteiger partial charge is 0.488 e. The Kier molecular flexibility index (Phi) is 11.5. The summed E-state index contributed by atoms with van der Waals surface area (Å²) < 4.78 is 11.6. The van der Waals surface area contributed by atoms with Crippen molar-refractivity contribution in [2.24, 2.45) is 0 Å². The number of hydrogen-bond acceptors (Lipinski definition) is 2. The molecule has 0 aliphatic rings. The molecule has 146 valence electrons. The van der Waals surface area contributed by atoms with E-state index in [-0.39, 0.29) is 0 Å². The summed E-state index contributed by atoms with van der Waals surface area (Å²) in [6, 6.07) is 3.75. The summed E-state index contributed by atoms with van der Waals surface area (Å²) in [5.41, 5.74) is 2.70. The van der Waals surface area contributed by atoms with Crippen LogP contribution in [0.2, 0.25) is 0 Å². The molecular weight excluding hydrogens is 344 g/mol. The molecule has 1 aromatic rings. The first-order chi connectivity index (χ1) is 13.7. The zero-order valence-electron chi connectivity index (χ0n) is 17.0. The number of rotatable bonds is 11. The van der Waals surface area contributed by atoms with Crippen LogP contribution in [0.4, 0.5) is 0 Å². The Labute approximate surface area is 170 Å². The van der Waals surface area contributed by atoms with Gasteiger partial charge >= 0.3 is 0 Å². The molecule has 2 heteroatoms. The number of unbranched alkanes of at least 4 members (excludes halogenated alkanes) is 1. The lowest BCUT2D eigenvalue weighted by molar-refractivity contribution is 0.343. The zero-order valence-corrected chi connectivity index (χ0v) is 17.0. The van der Waals surface area contributed by atoms with E-state index in [1.54, 1.807) is 18.2 Å². The summed E-state index contributed by atoms with van der Waals surface area (Å²) in [4.78, 5) is 0. The minimum Gasteiger partial charge on any atom is -0.488 e. The van der Waals surface area contributed by atoms with Gasteiger partial charge in [-0.15, -0.1) is 6.58 Å². The minimum atomic E-state index is 0.388. The first-order valence-electron chi connectivity index (χ1n) is 9.56. The number of ether oxygens (including phenoxy) is 2. The highest BCUT2D eigenvalue weighted by molar-refractivity contribution is 5.58. The third kappa shape index (κ3) is 8.52. The summed E-state index contributed by atoms with van der Waals surface area (Å²) in [6.45, 7) is 18.2. The highest BCUT2D eigenvalue weighted by atomic mass is 16.5. The SMILES string of the molecule is C=CCC#Cc1cc(C#CCC(=C)CCCC)c(OCC=C)cc1OCC=C. The summed E-state index contributed by atoms with van der Waals surface area (Å²) in [7, 11) is 0. The number of benzene rings is 1. The molecular formula is C26H30O2. The van der Waals surface area contributed by atoms with Crippen molar-refractivity contribution in [2.45, 2.75) is 39.0 Å². The quantitative estimate of drug-likeness (QED) is 0.337. The van der Waals surface area contributed by atoms with E-state index in [2.05, 4.69) is 56.9 Å². The minimum absolute atomic E-state index is 0.388. The number of hydrogen-bond donors (Lipinski definition) is 0. The molecule has 0 unspecified atom stereocenters. The van der Waals surface area contributed by atoms with Crippen molar-refractivity contribution in [3.05, 3.63) is 73.4 Å². The smallest absolute Gasteiger partial charge is 0.139 e. The van der Waals surface area contributed by atoms with Gasteiger partial charge in [0.2, 0.25) is 0 Å². The second-order valence-corrected chi connectivity index (χ2v) is 6.17. The van der Waals surface area contributed by atoms with Crippen LogP contribution in [0.3, 0.4) is 0 Å². The Balaban J connectivity index is 3.22. The van der Waals surface area contributed by atoms with Gasteiger partial charge in [0.25, 0.3) is 0 Å². The fourth-order valence-corrected chi connectivity index (χ4v) is 2.29. The molecule has 0 amide bonds. The van der Waals surface area contributed by atoms with Gasteiger partial charge in [0.05, 0.1) is 11.1 Å². The molecule has 1 rings (SSSR count). The van der Waals surface area contributed by atoms with Gasteiger partial charge in [-0.1, -0.05) is 80.6 Å². The standard InChI is InChI=1S/C26H30O2/c1-6-10-12-16-23-20-24(17-13-15-22(5)14-11-7-2)26(28-19-9-4)21-25(23)27-18-8-3/h6,8-9,20-21H,1,3-5,7,10-11,14-15,18-19H2,2H3. The lowest BCUT2D eigenvalue weighted by Gasteiger charge is -2.12. The van der Waals surface area contributed by atoms with Crippen LogP contribution < -0.4 is 9.47 Å². The van der Waals surface area contributed by atoms with Crippen LogP contribution in [-0.4, -0.2) is 13.2 Å². The third-order valence-electron chi connectivity index (χ3n) is 3.71. The molecule has 0 saturated heterocycles. The van der Waals surface area contributed by atoms with Crippen LogP contribution in [0.1, 0.15) is 50.2 Å². The van der Waals surface area contributed by atoms with Crippen molar-refractivity contribution < 1.29 is 9.47 Å². The number of allylic oxidation sites excluding steroid dienone is 2. The first-order valence-corrected chi connectivity index (χ1v) is 9.56. The maximum atomic E-state index is 5.80. The molecule has 0 heterocycles. The summed E-state index contributed by atoms with van der Waals surface area (Å²) in [6.07, 6.45) is 9.75. The summed E-state index contributed by atoms with van der Waals surface area (Å²) in [5.74, 6) is 13.9. The lowest BCUT2D eigenvalue weighted by Crippen LogP contribution is -2.01. The summed E-state index contributed by atoms with van der Waals surface area (Å²) in [5, 5.41) is 0. The molecule has 1 aromatic carbocycles. The fourth-order valence-electron chi connectivity index (χ4n) is 2.29. The summed E-state index contributed by atoms with van der Waals surface area (Å²) >= 11 is 0. The van der Waals surface area contributed by atoms with E-state index in [1.165, 1.54) is 0 Å². The predicted octanol–water partition coefficient (Wildman–Crippen LogP) is 6.23. The van der Waals surface area contributed by atoms with E-state index in [0.717, 1.165) is 36.0 Å². The van der Waals surface area contributed by atoms with Crippen molar-refractivity contribution in [2.75, 3.05) is 13.2 Å². The van der Waals surface area contributed by atoms with E-state index < -0.39 is 0 Å². The van der Waals surface area contributed by atoms with Crippen molar-refractivity contribution in [3.63, 3.8) is 0 Å². The topological polar surface area (TPSA) is 18.5 Å². The van der Waals surface area contributed by atoms with Crippen LogP contribution in [0.25, 0.3) is 0 Å². The van der Waals surface area contributed by atoms with Crippen LogP contribution in [0.15, 0.2) is 62.2 Å². The van der Waals surface area contributed by atoms with Gasteiger partial charge in [-0.3, -0.25) is 0 Å². The molecule has 0 radical (unpaired) electrons. The molecule has 0 atom stereocenters. The van der Waals surface area contributed by atoms with Gasteiger partial charge < -0.3 is 9.47 Å². The Morgan fingerprint density at radius 1 is 0.929 bits per heavy atom. The highest BCUT2D eigenvalue weighted by Gasteiger charge is 2.10. The molecule has 0 aliphatic carbocycles. The van der Waals surface area contributed by atoms with Gasteiger partial charge in [0.1, 0.15) is 24.7 Å². The molecule has 0 saturated carbocycles. The van der Waals surface area contributed by atoms with Gasteiger partial charge in [-0.2, -0.15) is 0 Å². The highest BCUT2D eigenvalue weighted by Crippen LogP contribution is 2.29. The molecule has 28 heavy (non-hydrogen) atoms. The molecule has 0 spiro atoms. The molecule has 2 nitrogen and oxygen atoms in total. The first kappa shape index (κ1) is 22.9. The van der Waals surface area contributed by atoms with Crippen LogP contribution in [0, 0.1) is 23.7 Å². The van der Waals surface area contributed by atoms with E-state index in [1.807, 2.05) is 12.1 Å². The maximum absolute atomic E-state index is 5.80. The van der Waals surface area contributed by atoms with Gasteiger partial charge in [-0.05, 0) is 18.9 Å². The Morgan fingerprint density at radius 3 is 2.07 bits per heavy atom. The second kappa shape index (κ2) is 14.0. The van der Waals surface area contributed by atoms with Crippen LogP contribution in [0.5, 0.6) is 11.5 Å². The molecule has 0 aromatic heterocycles. The van der Waals surface area contributed by atoms with Crippen LogP contribution >= 0.6 is 0 Å². The second-order valence-electron chi connectivity index (χ2n) is 6.17. The average molecular weight is 375 g/mol. The van der Waals surface area contributed by atoms with Crippen LogP contribution in [-0.2, 0) is 0 Å². The van der Waals surface area contributed by atoms with E-state index >= 15 is 0 Å². The molecule has 0 N–H and O–H groups in total. The van der Waals surface area contributed by atoms with Gasteiger partial charge in [-0.25, -0.2) is 0 Å². The third-order valence-corrected chi connectivity index (χ3v) is 3.71. The monoisotopic (exact) mass is 374 g/mol. The maximum Gasteiger partial charge on any atom is 0.139 e. The molecule has 0 aliphatic heterocycles. The Morgan fingerprint density at radius 2 is 1.54 bits per heavy atom. The zero-order chi connectivity index (χ0) is 20.6. The van der Waals surface area contributed by atoms with E-state index in [0.29, 0.717) is 37.6 Å². The predicted molar refractivity (Wildman–Crippen MR) is 120 cm³/mol. The van der Waals surface area contributed by atoms with Crippen molar-refractivity contribution in [1.29, 1.82) is 0 Å². The van der Waals surface area contributed by atoms with E-state index in [9.17, 15) is 0 Å². The lowest BCUT2D eigenvalue weighted by atomic mass is 10.1.